The molecule has 1 unspecified atom stereocenters. The molecule has 0 radical (unpaired) electrons. The van der Waals surface area contributed by atoms with Crippen LogP contribution in [0, 0.1) is 11.3 Å². The summed E-state index contributed by atoms with van der Waals surface area (Å²) in [4.78, 5) is 27.6. The van der Waals surface area contributed by atoms with E-state index in [1.54, 1.807) is 30.6 Å². The fourth-order valence-electron chi connectivity index (χ4n) is 4.04. The highest BCUT2D eigenvalue weighted by molar-refractivity contribution is 6.11. The van der Waals surface area contributed by atoms with E-state index in [0.717, 1.165) is 6.42 Å². The van der Waals surface area contributed by atoms with Crippen molar-refractivity contribution in [2.24, 2.45) is 22.2 Å². The number of hydrazone groups is 1. The van der Waals surface area contributed by atoms with Gasteiger partial charge in [0.05, 0.1) is 12.3 Å². The number of nitrogens with one attached hydrogen (secondary N) is 1. The van der Waals surface area contributed by atoms with Crippen molar-refractivity contribution in [2.75, 3.05) is 5.01 Å². The number of carbonyl (C=O) groups is 2. The van der Waals surface area contributed by atoms with Gasteiger partial charge in [-0.25, -0.2) is 0 Å². The number of aliphatic hydroxyl groups excluding tert-OH is 1. The van der Waals surface area contributed by atoms with E-state index in [9.17, 15) is 14.7 Å². The molecule has 7 heteroatoms. The number of aromatic nitrogens is 1. The number of primary amides is 1. The molecule has 2 aliphatic rings. The summed E-state index contributed by atoms with van der Waals surface area (Å²) in [7, 11) is 0. The van der Waals surface area contributed by atoms with E-state index in [1.165, 1.54) is 10.6 Å². The normalized spacial score (nSPS) is 18.5. The van der Waals surface area contributed by atoms with Crippen LogP contribution in [0.2, 0.25) is 0 Å². The first-order valence-corrected chi connectivity index (χ1v) is 10.2. The Morgan fingerprint density at radius 3 is 2.74 bits per heavy atom. The lowest BCUT2D eigenvalue weighted by atomic mass is 9.76. The molecule has 31 heavy (non-hydrogen) atoms. The molecule has 2 aromatic rings. The van der Waals surface area contributed by atoms with Crippen LogP contribution in [0.4, 0.5) is 5.69 Å². The van der Waals surface area contributed by atoms with Crippen LogP contribution in [-0.2, 0) is 11.4 Å². The van der Waals surface area contributed by atoms with Gasteiger partial charge in [0.2, 0.25) is 0 Å². The molecule has 160 valence electrons. The number of aliphatic hydroxyl groups is 1. The number of hydrogen-bond donors (Lipinski definition) is 3. The zero-order valence-electron chi connectivity index (χ0n) is 17.8. The molecule has 4 rings (SSSR count). The predicted molar refractivity (Wildman–Crippen MR) is 120 cm³/mol. The second kappa shape index (κ2) is 7.67. The number of rotatable bonds is 4. The Morgan fingerprint density at radius 2 is 2.10 bits per heavy atom. The fourth-order valence-corrected chi connectivity index (χ4v) is 4.04. The molecule has 1 aliphatic heterocycles. The van der Waals surface area contributed by atoms with Gasteiger partial charge in [-0.1, -0.05) is 50.6 Å². The maximum absolute atomic E-state index is 13.3. The van der Waals surface area contributed by atoms with Gasteiger partial charge in [-0.05, 0) is 29.5 Å². The fraction of sp³-hybridized carbons (Fsp3) is 0.292. The Morgan fingerprint density at radius 1 is 1.32 bits per heavy atom. The number of allylic oxidation sites excluding steroid dienone is 3. The lowest BCUT2D eigenvalue weighted by Gasteiger charge is -2.33. The van der Waals surface area contributed by atoms with Gasteiger partial charge in [0.25, 0.3) is 11.8 Å². The number of H-pyrrole nitrogens is 1. The maximum Gasteiger partial charge on any atom is 0.275 e. The highest BCUT2D eigenvalue weighted by atomic mass is 16.3. The van der Waals surface area contributed by atoms with Crippen LogP contribution < -0.4 is 10.7 Å². The minimum absolute atomic E-state index is 0.0365. The van der Waals surface area contributed by atoms with E-state index in [-0.39, 0.29) is 29.5 Å². The van der Waals surface area contributed by atoms with Crippen LogP contribution in [0.1, 0.15) is 43.2 Å². The molecule has 0 spiro atoms. The SMILES string of the molecule is CC(C)(C)C1=CC=C2C(=O)N(c3cccc(-c4c[nH]c(C(N)=O)c4)c3CO)N=CC2C1. The second-order valence-electron chi connectivity index (χ2n) is 8.88. The highest BCUT2D eigenvalue weighted by Gasteiger charge is 2.34. The third-order valence-corrected chi connectivity index (χ3v) is 5.87. The molecule has 1 aromatic heterocycles. The van der Waals surface area contributed by atoms with Gasteiger partial charge in [-0.15, -0.1) is 0 Å². The summed E-state index contributed by atoms with van der Waals surface area (Å²) in [5.41, 5.74) is 10.1. The van der Waals surface area contributed by atoms with E-state index in [0.29, 0.717) is 28.0 Å². The standard InChI is InChI=1S/C24H26N4O3/c1-24(2,3)16-7-8-18-14(9-16)12-27-28(23(18)31)21-6-4-5-17(19(21)13-29)15-10-20(22(25)30)26-11-15/h4-8,10-12,14,26,29H,9,13H2,1-3H3,(H2,25,30). The summed E-state index contributed by atoms with van der Waals surface area (Å²) in [5, 5.41) is 15.9. The van der Waals surface area contributed by atoms with Gasteiger partial charge >= 0.3 is 0 Å². The summed E-state index contributed by atoms with van der Waals surface area (Å²) in [6.07, 6.45) is 8.16. The van der Waals surface area contributed by atoms with Crippen molar-refractivity contribution in [2.45, 2.75) is 33.8 Å². The van der Waals surface area contributed by atoms with Crippen LogP contribution in [0.5, 0.6) is 0 Å². The van der Waals surface area contributed by atoms with E-state index < -0.39 is 5.91 Å². The number of benzene rings is 1. The summed E-state index contributed by atoms with van der Waals surface area (Å²) >= 11 is 0. The molecule has 0 fully saturated rings. The van der Waals surface area contributed by atoms with Crippen molar-refractivity contribution in [3.8, 4) is 11.1 Å². The summed E-state index contributed by atoms with van der Waals surface area (Å²) in [5.74, 6) is -0.816. The van der Waals surface area contributed by atoms with Gasteiger partial charge in [-0.3, -0.25) is 9.59 Å². The molecule has 4 N–H and O–H groups in total. The molecule has 1 aliphatic carbocycles. The van der Waals surface area contributed by atoms with Crippen LogP contribution in [0.25, 0.3) is 11.1 Å². The molecule has 0 saturated heterocycles. The second-order valence-corrected chi connectivity index (χ2v) is 8.88. The van der Waals surface area contributed by atoms with E-state index >= 15 is 0 Å². The Kier molecular flexibility index (Phi) is 5.15. The number of anilines is 1. The van der Waals surface area contributed by atoms with E-state index in [1.807, 2.05) is 18.2 Å². The van der Waals surface area contributed by atoms with Crippen molar-refractivity contribution in [3.63, 3.8) is 0 Å². The molecular weight excluding hydrogens is 392 g/mol. The number of nitrogens with zero attached hydrogens (tertiary/aromatic N) is 2. The topological polar surface area (TPSA) is 112 Å². The van der Waals surface area contributed by atoms with Crippen LogP contribution >= 0.6 is 0 Å². The molecule has 7 nitrogen and oxygen atoms in total. The van der Waals surface area contributed by atoms with Crippen LogP contribution in [0.3, 0.4) is 0 Å². The molecule has 2 heterocycles. The number of fused-ring (bicyclic) bond motifs is 1. The lowest BCUT2D eigenvalue weighted by molar-refractivity contribution is -0.115. The number of amides is 2. The summed E-state index contributed by atoms with van der Waals surface area (Å²) in [6.45, 7) is 6.19. The first-order chi connectivity index (χ1) is 14.7. The average molecular weight is 418 g/mol. The van der Waals surface area contributed by atoms with Crippen molar-refractivity contribution in [1.82, 2.24) is 4.98 Å². The van der Waals surface area contributed by atoms with E-state index in [4.69, 9.17) is 5.73 Å². The summed E-state index contributed by atoms with van der Waals surface area (Å²) < 4.78 is 0. The summed E-state index contributed by atoms with van der Waals surface area (Å²) in [6, 6.07) is 7.00. The number of aromatic amines is 1. The Hall–Kier alpha value is -3.45. The molecule has 0 bridgehead atoms. The quantitative estimate of drug-likeness (QED) is 0.706. The van der Waals surface area contributed by atoms with Gasteiger partial charge in [0.1, 0.15) is 5.69 Å². The largest absolute Gasteiger partial charge is 0.392 e. The third-order valence-electron chi connectivity index (χ3n) is 5.87. The van der Waals surface area contributed by atoms with Gasteiger partial charge in [0, 0.05) is 35.0 Å². The molecule has 1 aromatic carbocycles. The average Bonchev–Trinajstić information content (AvgIpc) is 3.23. The Labute approximate surface area is 180 Å². The number of nitrogens with two attached hydrogens (primary N) is 1. The monoisotopic (exact) mass is 418 g/mol. The van der Waals surface area contributed by atoms with Crippen molar-refractivity contribution >= 4 is 23.7 Å². The van der Waals surface area contributed by atoms with Gasteiger partial charge in [-0.2, -0.15) is 10.1 Å². The highest BCUT2D eigenvalue weighted by Crippen LogP contribution is 2.39. The van der Waals surface area contributed by atoms with Crippen molar-refractivity contribution in [1.29, 1.82) is 0 Å². The maximum atomic E-state index is 13.3. The van der Waals surface area contributed by atoms with Gasteiger partial charge in [0.15, 0.2) is 0 Å². The zero-order chi connectivity index (χ0) is 22.3. The third kappa shape index (κ3) is 3.72. The van der Waals surface area contributed by atoms with Crippen molar-refractivity contribution in [3.05, 3.63) is 65.0 Å². The van der Waals surface area contributed by atoms with E-state index in [2.05, 4.69) is 30.9 Å². The zero-order valence-corrected chi connectivity index (χ0v) is 17.8. The minimum Gasteiger partial charge on any atom is -0.392 e. The Bertz CT molecular complexity index is 1150. The smallest absolute Gasteiger partial charge is 0.275 e. The number of hydrogen-bond acceptors (Lipinski definition) is 4. The van der Waals surface area contributed by atoms with Crippen LogP contribution in [-0.4, -0.2) is 28.1 Å². The first-order valence-electron chi connectivity index (χ1n) is 10.2. The first kappa shape index (κ1) is 20.8. The Balaban J connectivity index is 1.73. The number of carbonyl (C=O) groups excluding carboxylic acids is 2. The lowest BCUT2D eigenvalue weighted by Crippen LogP contribution is -2.37. The van der Waals surface area contributed by atoms with Crippen molar-refractivity contribution < 1.29 is 14.7 Å². The predicted octanol–water partition coefficient (Wildman–Crippen LogP) is 3.52. The van der Waals surface area contributed by atoms with Gasteiger partial charge < -0.3 is 15.8 Å². The molecule has 1 atom stereocenters. The molecular formula is C24H26N4O3. The molecule has 0 saturated carbocycles. The minimum atomic E-state index is -0.568. The molecule has 2 amide bonds. The van der Waals surface area contributed by atoms with Crippen LogP contribution in [0.15, 0.2) is 58.9 Å².